The lowest BCUT2D eigenvalue weighted by molar-refractivity contribution is -0.152. The van der Waals surface area contributed by atoms with Gasteiger partial charge in [0.2, 0.25) is 0 Å². The predicted molar refractivity (Wildman–Crippen MR) is 304 cm³/mol. The zero-order valence-corrected chi connectivity index (χ0v) is 48.9. The number of benzene rings is 3. The predicted octanol–water partition coefficient (Wildman–Crippen LogP) is 8.62. The first-order valence-corrected chi connectivity index (χ1v) is 29.5. The number of esters is 10. The summed E-state index contributed by atoms with van der Waals surface area (Å²) in [5.41, 5.74) is 1.99. The maximum atomic E-state index is 13.9. The van der Waals surface area contributed by atoms with Gasteiger partial charge in [0.25, 0.3) is 0 Å². The van der Waals surface area contributed by atoms with Crippen LogP contribution in [0.2, 0.25) is 0 Å². The number of allylic oxidation sites excluding steroid dienone is 1. The van der Waals surface area contributed by atoms with Crippen molar-refractivity contribution in [2.45, 2.75) is 113 Å². The fourth-order valence-corrected chi connectivity index (χ4v) is 11.6. The molecule has 0 unspecified atom stereocenters. The second kappa shape index (κ2) is 34.3. The molecule has 0 amide bonds. The van der Waals surface area contributed by atoms with Crippen molar-refractivity contribution in [3.8, 4) is 35.1 Å². The molecule has 3 aromatic rings. The summed E-state index contributed by atoms with van der Waals surface area (Å²) < 4.78 is 53.6. The normalized spacial score (nSPS) is 16.6. The highest BCUT2D eigenvalue weighted by molar-refractivity contribution is 8.24. The summed E-state index contributed by atoms with van der Waals surface area (Å²) in [5.74, 6) is -6.69. The fourth-order valence-electron chi connectivity index (χ4n) is 9.04. The Labute approximate surface area is 504 Å². The SMILES string of the molecule is C=CC(=O)OCCOC(=O)CCC(=O)OCCc1ccc(OC(=O)C2CCC(C(=O)Oc3cc(CC)c(OC(=O)C4CCC(C(=O)Oc5ccc(CCOC(=O)CCC(=O)OCCOC(=O)C=C)cc5)CC4)c4c3SC(=C(C#N)C#N)S4)CC2)cc1. The number of thioether (sulfide) groups is 2. The van der Waals surface area contributed by atoms with E-state index in [1.54, 1.807) is 54.6 Å². The number of rotatable bonds is 29. The Bertz CT molecular complexity index is 3110. The first kappa shape index (κ1) is 66.4. The lowest BCUT2D eigenvalue weighted by Crippen LogP contribution is -2.31. The van der Waals surface area contributed by atoms with Gasteiger partial charge in [0, 0.05) is 25.0 Å². The summed E-state index contributed by atoms with van der Waals surface area (Å²) in [6, 6.07) is 18.9. The molecule has 2 aliphatic carbocycles. The van der Waals surface area contributed by atoms with Crippen molar-refractivity contribution >= 4 is 83.2 Å². The average Bonchev–Trinajstić information content (AvgIpc) is 2.13. The van der Waals surface area contributed by atoms with Gasteiger partial charge in [-0.2, -0.15) is 10.5 Å². The molecule has 3 aliphatic rings. The van der Waals surface area contributed by atoms with Gasteiger partial charge < -0.3 is 47.4 Å². The zero-order chi connectivity index (χ0) is 62.0. The van der Waals surface area contributed by atoms with E-state index in [9.17, 15) is 58.5 Å². The molecule has 2 saturated carbocycles. The van der Waals surface area contributed by atoms with Crippen LogP contribution >= 0.6 is 23.5 Å². The minimum Gasteiger partial charge on any atom is -0.465 e. The van der Waals surface area contributed by atoms with Crippen molar-refractivity contribution < 1.29 is 95.3 Å². The highest BCUT2D eigenvalue weighted by Gasteiger charge is 2.38. The van der Waals surface area contributed by atoms with Crippen molar-refractivity contribution in [1.82, 2.24) is 0 Å². The smallest absolute Gasteiger partial charge is 0.330 e. The molecular formula is C62H64N2O20S2. The largest absolute Gasteiger partial charge is 0.465 e. The summed E-state index contributed by atoms with van der Waals surface area (Å²) in [4.78, 5) is 125. The molecule has 6 rings (SSSR count). The number of hydrogen-bond donors (Lipinski definition) is 0. The topological polar surface area (TPSA) is 311 Å². The first-order valence-electron chi connectivity index (χ1n) is 27.9. The van der Waals surface area contributed by atoms with E-state index in [0.717, 1.165) is 46.8 Å². The average molecular weight is 1220 g/mol. The van der Waals surface area contributed by atoms with Crippen molar-refractivity contribution in [2.75, 3.05) is 39.6 Å². The van der Waals surface area contributed by atoms with Gasteiger partial charge in [-0.05, 0) is 105 Å². The van der Waals surface area contributed by atoms with Crippen LogP contribution in [0, 0.1) is 46.3 Å². The van der Waals surface area contributed by atoms with E-state index in [1.807, 2.05) is 19.1 Å². The third-order valence-electron chi connectivity index (χ3n) is 13.8. The van der Waals surface area contributed by atoms with Crippen molar-refractivity contribution in [3.05, 3.63) is 106 Å². The minimum atomic E-state index is -0.644. The second-order valence-electron chi connectivity index (χ2n) is 19.7. The van der Waals surface area contributed by atoms with Crippen LogP contribution < -0.4 is 18.9 Å². The van der Waals surface area contributed by atoms with Crippen LogP contribution in [0.4, 0.5) is 0 Å². The van der Waals surface area contributed by atoms with E-state index >= 15 is 0 Å². The summed E-state index contributed by atoms with van der Waals surface area (Å²) in [5, 5.41) is 19.6. The molecule has 0 bridgehead atoms. The lowest BCUT2D eigenvalue weighted by Gasteiger charge is -2.27. The number of nitrogens with zero attached hydrogens (tertiary/aromatic N) is 2. The second-order valence-corrected chi connectivity index (χ2v) is 22.0. The van der Waals surface area contributed by atoms with E-state index in [1.165, 1.54) is 0 Å². The Balaban J connectivity index is 0.931. The Morgan fingerprint density at radius 1 is 0.488 bits per heavy atom. The molecular weight excluding hydrogens is 1160 g/mol. The quantitative estimate of drug-likeness (QED) is 0.0157. The number of nitriles is 2. The van der Waals surface area contributed by atoms with Gasteiger partial charge in [-0.1, -0.05) is 67.9 Å². The van der Waals surface area contributed by atoms with E-state index in [4.69, 9.17) is 47.4 Å². The Morgan fingerprint density at radius 2 is 0.837 bits per heavy atom. The lowest BCUT2D eigenvalue weighted by atomic mass is 9.82. The van der Waals surface area contributed by atoms with Gasteiger partial charge in [0.1, 0.15) is 67.1 Å². The number of fused-ring (bicyclic) bond motifs is 1. The molecule has 0 atom stereocenters. The molecule has 3 aromatic carbocycles. The minimum absolute atomic E-state index is 0.0510. The van der Waals surface area contributed by atoms with Crippen LogP contribution in [0.3, 0.4) is 0 Å². The standard InChI is InChI=1S/C62H64N2O20S2/c1-4-40-35-48(83-60(73)43-15-11-41(12-16-43)58(71)81-46-19-7-38(8-20-46)27-29-75-51(67)23-25-53(69)79-33-31-77-49(65)5-2)56-57(86-62(85-56)45(36-63)37-64)55(40)84-61(74)44-17-13-42(14-18-44)59(72)82-47-21-9-39(10-22-47)28-30-76-52(68)24-26-54(70)80-34-32-78-50(66)6-3/h5-10,19-22,35,41-44H,2-4,11-18,23-34H2,1H3. The molecule has 0 spiro atoms. The molecule has 24 heteroatoms. The van der Waals surface area contributed by atoms with E-state index in [2.05, 4.69) is 13.2 Å². The molecule has 454 valence electrons. The van der Waals surface area contributed by atoms with Crippen molar-refractivity contribution in [2.24, 2.45) is 23.7 Å². The van der Waals surface area contributed by atoms with Gasteiger partial charge in [-0.15, -0.1) is 0 Å². The Kier molecular flexibility index (Phi) is 26.5. The van der Waals surface area contributed by atoms with E-state index in [-0.39, 0.29) is 82.4 Å². The summed E-state index contributed by atoms with van der Waals surface area (Å²) in [6.07, 6.45) is 5.08. The van der Waals surface area contributed by atoms with E-state index < -0.39 is 83.4 Å². The number of carbonyl (C=O) groups is 10. The first-order chi connectivity index (χ1) is 41.5. The third kappa shape index (κ3) is 20.8. The van der Waals surface area contributed by atoms with Crippen LogP contribution in [0.1, 0.15) is 101 Å². The van der Waals surface area contributed by atoms with Crippen LogP contribution in [-0.4, -0.2) is 99.3 Å². The fraction of sp³-hybridized carbons (Fsp3) is 0.419. The highest BCUT2D eigenvalue weighted by Crippen LogP contribution is 2.60. The molecule has 1 aliphatic heterocycles. The zero-order valence-electron chi connectivity index (χ0n) is 47.3. The molecule has 0 N–H and O–H groups in total. The number of aryl methyl sites for hydroxylation is 1. The number of ether oxygens (including phenoxy) is 10. The van der Waals surface area contributed by atoms with Crippen LogP contribution in [0.15, 0.2) is 99.5 Å². The van der Waals surface area contributed by atoms with Crippen molar-refractivity contribution in [1.29, 1.82) is 10.5 Å². The summed E-state index contributed by atoms with van der Waals surface area (Å²) in [7, 11) is 0. The van der Waals surface area contributed by atoms with Gasteiger partial charge >= 0.3 is 59.7 Å². The molecule has 22 nitrogen and oxygen atoms in total. The molecule has 0 saturated heterocycles. The molecule has 2 fully saturated rings. The molecule has 86 heavy (non-hydrogen) atoms. The summed E-state index contributed by atoms with van der Waals surface area (Å²) >= 11 is 2.14. The van der Waals surface area contributed by atoms with Gasteiger partial charge in [0.15, 0.2) is 0 Å². The van der Waals surface area contributed by atoms with Crippen LogP contribution in [-0.2, 0) is 95.6 Å². The van der Waals surface area contributed by atoms with Gasteiger partial charge in [-0.3, -0.25) is 38.4 Å². The van der Waals surface area contributed by atoms with Crippen LogP contribution in [0.25, 0.3) is 0 Å². The monoisotopic (exact) mass is 1220 g/mol. The van der Waals surface area contributed by atoms with Crippen LogP contribution in [0.5, 0.6) is 23.0 Å². The Hall–Kier alpha value is -8.74. The molecule has 0 radical (unpaired) electrons. The maximum absolute atomic E-state index is 13.9. The van der Waals surface area contributed by atoms with Gasteiger partial charge in [-0.25, -0.2) is 9.59 Å². The summed E-state index contributed by atoms with van der Waals surface area (Å²) in [6.45, 7) is 7.90. The van der Waals surface area contributed by atoms with E-state index in [0.29, 0.717) is 102 Å². The van der Waals surface area contributed by atoms with Gasteiger partial charge in [0.05, 0.1) is 76.6 Å². The molecule has 0 aromatic heterocycles. The maximum Gasteiger partial charge on any atom is 0.330 e. The Morgan fingerprint density at radius 3 is 1.21 bits per heavy atom. The third-order valence-corrected chi connectivity index (χ3v) is 16.4. The molecule has 1 heterocycles. The number of hydrogen-bond acceptors (Lipinski definition) is 24. The van der Waals surface area contributed by atoms with Crippen molar-refractivity contribution in [3.63, 3.8) is 0 Å². The number of carbonyl (C=O) groups excluding carboxylic acids is 10. The highest BCUT2D eigenvalue weighted by atomic mass is 32.2.